The Hall–Kier alpha value is -4.25. The molecule has 1 heterocycles. The molecule has 0 spiro atoms. The fourth-order valence-electron chi connectivity index (χ4n) is 2.94. The molecule has 8 heteroatoms. The molecule has 0 aliphatic heterocycles. The van der Waals surface area contributed by atoms with E-state index in [-0.39, 0.29) is 23.8 Å². The van der Waals surface area contributed by atoms with E-state index in [1.54, 1.807) is 42.5 Å². The summed E-state index contributed by atoms with van der Waals surface area (Å²) in [6, 6.07) is 17.0. The molecule has 6 nitrogen and oxygen atoms in total. The minimum atomic E-state index is -0.585. The van der Waals surface area contributed by atoms with Crippen molar-refractivity contribution in [3.05, 3.63) is 77.9 Å². The van der Waals surface area contributed by atoms with Crippen LogP contribution in [0.3, 0.4) is 0 Å². The van der Waals surface area contributed by atoms with Gasteiger partial charge in [-0.25, -0.2) is 13.8 Å². The van der Waals surface area contributed by atoms with Gasteiger partial charge in [-0.2, -0.15) is 5.26 Å². The average Bonchev–Trinajstić information content (AvgIpc) is 3.17. The second-order valence-electron chi connectivity index (χ2n) is 6.53. The Morgan fingerprint density at radius 2 is 1.80 bits per heavy atom. The number of fused-ring (bicyclic) bond motifs is 1. The van der Waals surface area contributed by atoms with Gasteiger partial charge < -0.3 is 15.6 Å². The number of hydrogen-bond donors (Lipinski definition) is 3. The molecule has 0 aliphatic carbocycles. The molecule has 1 amide bonds. The number of hydrogen-bond acceptors (Lipinski definition) is 4. The third-order valence-corrected chi connectivity index (χ3v) is 4.42. The number of rotatable bonds is 5. The standard InChI is InChI=1S/C22H15F2N5O/c23-14-3-7-18(24)17(9-14)22-28-19-8-6-16(10-20(19)29-22)27-21(30)12-26-15-4-1-13(11-25)2-5-15/h1-10,26H,12H2,(H,27,30)(H,28,29). The van der Waals surface area contributed by atoms with Crippen molar-refractivity contribution < 1.29 is 13.6 Å². The van der Waals surface area contributed by atoms with E-state index in [2.05, 4.69) is 20.6 Å². The highest BCUT2D eigenvalue weighted by molar-refractivity contribution is 5.95. The van der Waals surface area contributed by atoms with Gasteiger partial charge >= 0.3 is 0 Å². The number of nitriles is 1. The van der Waals surface area contributed by atoms with Crippen LogP contribution in [-0.4, -0.2) is 22.4 Å². The lowest BCUT2D eigenvalue weighted by Gasteiger charge is -2.08. The molecule has 3 N–H and O–H groups in total. The maximum Gasteiger partial charge on any atom is 0.243 e. The number of amides is 1. The highest BCUT2D eigenvalue weighted by atomic mass is 19.1. The van der Waals surface area contributed by atoms with Crippen molar-refractivity contribution in [3.8, 4) is 17.5 Å². The minimum absolute atomic E-state index is 0.0309. The number of aromatic nitrogens is 2. The van der Waals surface area contributed by atoms with Gasteiger partial charge in [0.2, 0.25) is 5.91 Å². The Balaban J connectivity index is 1.46. The number of imidazole rings is 1. The van der Waals surface area contributed by atoms with E-state index in [0.29, 0.717) is 22.3 Å². The number of nitrogens with zero attached hydrogens (tertiary/aromatic N) is 2. The van der Waals surface area contributed by atoms with Crippen molar-refractivity contribution in [1.29, 1.82) is 5.26 Å². The Labute approximate surface area is 170 Å². The molecule has 30 heavy (non-hydrogen) atoms. The van der Waals surface area contributed by atoms with Gasteiger partial charge in [0.1, 0.15) is 17.5 Å². The van der Waals surface area contributed by atoms with E-state index in [9.17, 15) is 13.6 Å². The summed E-state index contributed by atoms with van der Waals surface area (Å²) in [7, 11) is 0. The maximum atomic E-state index is 14.0. The van der Waals surface area contributed by atoms with Crippen molar-refractivity contribution in [3.63, 3.8) is 0 Å². The summed E-state index contributed by atoms with van der Waals surface area (Å²) in [5.41, 5.74) is 2.95. The number of anilines is 2. The summed E-state index contributed by atoms with van der Waals surface area (Å²) in [6.07, 6.45) is 0. The van der Waals surface area contributed by atoms with Crippen LogP contribution in [0.2, 0.25) is 0 Å². The largest absolute Gasteiger partial charge is 0.376 e. The summed E-state index contributed by atoms with van der Waals surface area (Å²) in [4.78, 5) is 19.4. The zero-order valence-corrected chi connectivity index (χ0v) is 15.5. The van der Waals surface area contributed by atoms with E-state index in [0.717, 1.165) is 23.9 Å². The highest BCUT2D eigenvalue weighted by Crippen LogP contribution is 2.25. The van der Waals surface area contributed by atoms with Crippen LogP contribution in [0.1, 0.15) is 5.56 Å². The van der Waals surface area contributed by atoms with E-state index in [1.165, 1.54) is 0 Å². The van der Waals surface area contributed by atoms with E-state index >= 15 is 0 Å². The van der Waals surface area contributed by atoms with Gasteiger partial charge in [-0.05, 0) is 60.7 Å². The molecule has 4 aromatic rings. The summed E-state index contributed by atoms with van der Waals surface area (Å²) in [5.74, 6) is -1.21. The lowest BCUT2D eigenvalue weighted by Crippen LogP contribution is -2.21. The fraction of sp³-hybridized carbons (Fsp3) is 0.0455. The van der Waals surface area contributed by atoms with Crippen LogP contribution in [0.4, 0.5) is 20.2 Å². The Morgan fingerprint density at radius 1 is 1.03 bits per heavy atom. The quantitative estimate of drug-likeness (QED) is 0.460. The van der Waals surface area contributed by atoms with Crippen molar-refractivity contribution in [1.82, 2.24) is 9.97 Å². The van der Waals surface area contributed by atoms with Crippen LogP contribution >= 0.6 is 0 Å². The Morgan fingerprint density at radius 3 is 2.57 bits per heavy atom. The molecule has 0 bridgehead atoms. The average molecular weight is 403 g/mol. The molecule has 3 aromatic carbocycles. The van der Waals surface area contributed by atoms with Crippen molar-refractivity contribution >= 4 is 28.3 Å². The van der Waals surface area contributed by atoms with Gasteiger partial charge in [-0.15, -0.1) is 0 Å². The van der Waals surface area contributed by atoms with E-state index in [4.69, 9.17) is 5.26 Å². The predicted octanol–water partition coefficient (Wildman–Crippen LogP) is 4.43. The molecule has 0 atom stereocenters. The molecule has 148 valence electrons. The molecule has 0 unspecified atom stereocenters. The molecular weight excluding hydrogens is 388 g/mol. The summed E-state index contributed by atoms with van der Waals surface area (Å²) in [5, 5.41) is 14.5. The lowest BCUT2D eigenvalue weighted by atomic mass is 10.2. The first kappa shape index (κ1) is 19.1. The summed E-state index contributed by atoms with van der Waals surface area (Å²) in [6.45, 7) is 0.0344. The maximum absolute atomic E-state index is 14.0. The molecule has 0 radical (unpaired) electrons. The molecule has 0 saturated carbocycles. The Kier molecular flexibility index (Phi) is 5.09. The SMILES string of the molecule is N#Cc1ccc(NCC(=O)Nc2ccc3nc(-c4cc(F)ccc4F)[nH]c3c2)cc1. The molecule has 0 saturated heterocycles. The number of carbonyl (C=O) groups is 1. The third-order valence-electron chi connectivity index (χ3n) is 4.42. The first-order chi connectivity index (χ1) is 14.5. The number of halogens is 2. The van der Waals surface area contributed by atoms with Crippen LogP contribution in [-0.2, 0) is 4.79 Å². The first-order valence-corrected chi connectivity index (χ1v) is 9.01. The third kappa shape index (κ3) is 4.10. The smallest absolute Gasteiger partial charge is 0.243 e. The van der Waals surface area contributed by atoms with E-state index < -0.39 is 11.6 Å². The van der Waals surface area contributed by atoms with Gasteiger partial charge in [-0.1, -0.05) is 0 Å². The monoisotopic (exact) mass is 403 g/mol. The topological polar surface area (TPSA) is 93.6 Å². The number of aromatic amines is 1. The predicted molar refractivity (Wildman–Crippen MR) is 110 cm³/mol. The van der Waals surface area contributed by atoms with Crippen LogP contribution in [0.25, 0.3) is 22.4 Å². The molecule has 0 aliphatic rings. The number of H-pyrrole nitrogens is 1. The first-order valence-electron chi connectivity index (χ1n) is 9.01. The molecule has 0 fully saturated rings. The van der Waals surface area contributed by atoms with Gasteiger partial charge in [0.15, 0.2) is 0 Å². The summed E-state index contributed by atoms with van der Waals surface area (Å²) >= 11 is 0. The number of benzene rings is 3. The Bertz CT molecular complexity index is 1280. The molecular formula is C22H15F2N5O. The van der Waals surface area contributed by atoms with Crippen molar-refractivity contribution in [2.75, 3.05) is 17.2 Å². The van der Waals surface area contributed by atoms with Crippen molar-refractivity contribution in [2.45, 2.75) is 0 Å². The van der Waals surface area contributed by atoms with Gasteiger partial charge in [0.25, 0.3) is 0 Å². The van der Waals surface area contributed by atoms with Gasteiger partial charge in [-0.3, -0.25) is 4.79 Å². The number of nitrogens with one attached hydrogen (secondary N) is 3. The van der Waals surface area contributed by atoms with Gasteiger partial charge in [0, 0.05) is 11.4 Å². The second kappa shape index (κ2) is 8.01. The van der Waals surface area contributed by atoms with Crippen LogP contribution < -0.4 is 10.6 Å². The van der Waals surface area contributed by atoms with Crippen LogP contribution in [0, 0.1) is 23.0 Å². The normalized spacial score (nSPS) is 10.6. The molecule has 1 aromatic heterocycles. The number of carbonyl (C=O) groups excluding carboxylic acids is 1. The summed E-state index contributed by atoms with van der Waals surface area (Å²) < 4.78 is 27.4. The van der Waals surface area contributed by atoms with Crippen LogP contribution in [0.15, 0.2) is 60.7 Å². The zero-order valence-electron chi connectivity index (χ0n) is 15.5. The highest BCUT2D eigenvalue weighted by Gasteiger charge is 2.12. The van der Waals surface area contributed by atoms with Crippen LogP contribution in [0.5, 0.6) is 0 Å². The van der Waals surface area contributed by atoms with E-state index in [1.807, 2.05) is 6.07 Å². The molecule has 4 rings (SSSR count). The minimum Gasteiger partial charge on any atom is -0.376 e. The van der Waals surface area contributed by atoms with Crippen molar-refractivity contribution in [2.24, 2.45) is 0 Å². The van der Waals surface area contributed by atoms with Gasteiger partial charge in [0.05, 0.1) is 34.8 Å². The lowest BCUT2D eigenvalue weighted by molar-refractivity contribution is -0.114. The fourth-order valence-corrected chi connectivity index (χ4v) is 2.94. The zero-order chi connectivity index (χ0) is 21.1. The second-order valence-corrected chi connectivity index (χ2v) is 6.53.